The fraction of sp³-hybridized carbons (Fsp3) is 0.417. The zero-order chi connectivity index (χ0) is 20.6. The highest BCUT2D eigenvalue weighted by molar-refractivity contribution is 7.99. The van der Waals surface area contributed by atoms with Crippen molar-refractivity contribution in [2.45, 2.75) is 37.4 Å². The summed E-state index contributed by atoms with van der Waals surface area (Å²) < 4.78 is 7.85. The number of nitrogens with zero attached hydrogens (tertiary/aromatic N) is 4. The van der Waals surface area contributed by atoms with Gasteiger partial charge in [0.05, 0.1) is 12.7 Å². The van der Waals surface area contributed by atoms with Crippen LogP contribution in [0.4, 0.5) is 0 Å². The number of methoxy groups -OCH3 is 1. The summed E-state index contributed by atoms with van der Waals surface area (Å²) in [4.78, 5) is 2.57. The molecule has 1 saturated heterocycles. The molecule has 0 amide bonds. The van der Waals surface area contributed by atoms with Crippen molar-refractivity contribution in [3.8, 4) is 17.1 Å². The third-order valence-electron chi connectivity index (χ3n) is 5.62. The van der Waals surface area contributed by atoms with Crippen molar-refractivity contribution in [3.63, 3.8) is 0 Å². The molecule has 1 aromatic heterocycles. The van der Waals surface area contributed by atoms with Crippen LogP contribution in [0.2, 0.25) is 0 Å². The lowest BCUT2D eigenvalue weighted by Gasteiger charge is -2.25. The molecule has 30 heavy (non-hydrogen) atoms. The minimum atomic E-state index is 0.829. The molecule has 1 fully saturated rings. The quantitative estimate of drug-likeness (QED) is 0.465. The predicted octanol–water partition coefficient (Wildman–Crippen LogP) is 4.77. The zero-order valence-electron chi connectivity index (χ0n) is 17.7. The Kier molecular flexibility index (Phi) is 7.43. The first-order valence-electron chi connectivity index (χ1n) is 10.8. The number of benzene rings is 2. The summed E-state index contributed by atoms with van der Waals surface area (Å²) in [5, 5.41) is 10.1. The highest BCUT2D eigenvalue weighted by Gasteiger charge is 2.18. The summed E-state index contributed by atoms with van der Waals surface area (Å²) in [6.45, 7) is 4.41. The molecule has 0 atom stereocenters. The van der Waals surface area contributed by atoms with E-state index in [1.165, 1.54) is 37.9 Å². The Morgan fingerprint density at radius 3 is 2.47 bits per heavy atom. The molecule has 0 radical (unpaired) electrons. The Labute approximate surface area is 183 Å². The lowest BCUT2D eigenvalue weighted by molar-refractivity contribution is 0.242. The molecule has 0 unspecified atom stereocenters. The molecule has 1 aliphatic rings. The standard InChI is InChI=1S/C24H30N4OS/c1-29-22-13-7-6-12-21(22)23-25-26-24(30-19-18-27-15-8-3-9-16-27)28(23)17-14-20-10-4-2-5-11-20/h2,4-7,10-13H,3,8-9,14-19H2,1H3. The summed E-state index contributed by atoms with van der Waals surface area (Å²) in [5.74, 6) is 2.75. The molecule has 3 aromatic rings. The van der Waals surface area contributed by atoms with Crippen molar-refractivity contribution in [2.75, 3.05) is 32.5 Å². The molecule has 0 aliphatic carbocycles. The first-order valence-corrected chi connectivity index (χ1v) is 11.8. The maximum atomic E-state index is 5.59. The number of aromatic nitrogens is 3. The number of piperidine rings is 1. The van der Waals surface area contributed by atoms with Gasteiger partial charge in [0, 0.05) is 18.8 Å². The lowest BCUT2D eigenvalue weighted by atomic mass is 10.1. The molecule has 0 spiro atoms. The molecular formula is C24H30N4OS. The smallest absolute Gasteiger partial charge is 0.191 e. The minimum absolute atomic E-state index is 0.829. The second kappa shape index (κ2) is 10.6. The van der Waals surface area contributed by atoms with E-state index >= 15 is 0 Å². The minimum Gasteiger partial charge on any atom is -0.496 e. The van der Waals surface area contributed by atoms with Gasteiger partial charge in [-0.05, 0) is 50.0 Å². The van der Waals surface area contributed by atoms with Crippen LogP contribution in [-0.2, 0) is 13.0 Å². The van der Waals surface area contributed by atoms with Gasteiger partial charge in [0.25, 0.3) is 0 Å². The molecule has 1 aliphatic heterocycles. The fourth-order valence-electron chi connectivity index (χ4n) is 3.96. The van der Waals surface area contributed by atoms with E-state index in [4.69, 9.17) is 4.74 Å². The van der Waals surface area contributed by atoms with E-state index in [9.17, 15) is 0 Å². The number of ether oxygens (including phenoxy) is 1. The molecule has 4 rings (SSSR count). The van der Waals surface area contributed by atoms with Crippen LogP contribution < -0.4 is 4.74 Å². The summed E-state index contributed by atoms with van der Waals surface area (Å²) in [6.07, 6.45) is 4.98. The van der Waals surface area contributed by atoms with Crippen molar-refractivity contribution >= 4 is 11.8 Å². The van der Waals surface area contributed by atoms with E-state index in [1.807, 2.05) is 30.0 Å². The van der Waals surface area contributed by atoms with E-state index in [1.54, 1.807) is 7.11 Å². The maximum Gasteiger partial charge on any atom is 0.191 e. The maximum absolute atomic E-state index is 5.59. The largest absolute Gasteiger partial charge is 0.496 e. The van der Waals surface area contributed by atoms with Gasteiger partial charge < -0.3 is 14.2 Å². The Morgan fingerprint density at radius 2 is 1.67 bits per heavy atom. The van der Waals surface area contributed by atoms with E-state index in [0.717, 1.165) is 47.6 Å². The topological polar surface area (TPSA) is 43.2 Å². The van der Waals surface area contributed by atoms with Crippen molar-refractivity contribution in [2.24, 2.45) is 0 Å². The number of aryl methyl sites for hydroxylation is 1. The molecule has 2 heterocycles. The molecular weight excluding hydrogens is 392 g/mol. The monoisotopic (exact) mass is 422 g/mol. The van der Waals surface area contributed by atoms with Crippen LogP contribution in [0, 0.1) is 0 Å². The van der Waals surface area contributed by atoms with Crippen LogP contribution in [0.3, 0.4) is 0 Å². The number of likely N-dealkylation sites (tertiary alicyclic amines) is 1. The molecule has 0 N–H and O–H groups in total. The molecule has 0 bridgehead atoms. The molecule has 5 nitrogen and oxygen atoms in total. The zero-order valence-corrected chi connectivity index (χ0v) is 18.5. The van der Waals surface area contributed by atoms with Gasteiger partial charge in [-0.2, -0.15) is 0 Å². The highest BCUT2D eigenvalue weighted by atomic mass is 32.2. The van der Waals surface area contributed by atoms with Crippen molar-refractivity contribution in [1.82, 2.24) is 19.7 Å². The Bertz CT molecular complexity index is 922. The fourth-order valence-corrected chi connectivity index (χ4v) is 4.92. The third-order valence-corrected chi connectivity index (χ3v) is 6.57. The first-order chi connectivity index (χ1) is 14.8. The number of rotatable bonds is 9. The summed E-state index contributed by atoms with van der Waals surface area (Å²) >= 11 is 1.81. The van der Waals surface area contributed by atoms with Crippen LogP contribution in [0.5, 0.6) is 5.75 Å². The van der Waals surface area contributed by atoms with Gasteiger partial charge in [0.2, 0.25) is 0 Å². The Balaban J connectivity index is 1.53. The van der Waals surface area contributed by atoms with Gasteiger partial charge in [-0.25, -0.2) is 0 Å². The highest BCUT2D eigenvalue weighted by Crippen LogP contribution is 2.31. The second-order valence-electron chi connectivity index (χ2n) is 7.64. The number of thioether (sulfide) groups is 1. The van der Waals surface area contributed by atoms with E-state index < -0.39 is 0 Å². The van der Waals surface area contributed by atoms with Gasteiger partial charge in [0.15, 0.2) is 11.0 Å². The van der Waals surface area contributed by atoms with Crippen LogP contribution >= 0.6 is 11.8 Å². The molecule has 6 heteroatoms. The van der Waals surface area contributed by atoms with Gasteiger partial charge in [-0.3, -0.25) is 0 Å². The number of para-hydroxylation sites is 1. The second-order valence-corrected chi connectivity index (χ2v) is 8.71. The van der Waals surface area contributed by atoms with Gasteiger partial charge in [0.1, 0.15) is 5.75 Å². The van der Waals surface area contributed by atoms with Gasteiger partial charge >= 0.3 is 0 Å². The van der Waals surface area contributed by atoms with E-state index in [-0.39, 0.29) is 0 Å². The van der Waals surface area contributed by atoms with E-state index in [0.29, 0.717) is 0 Å². The summed E-state index contributed by atoms with van der Waals surface area (Å²) in [5.41, 5.74) is 2.31. The number of hydrogen-bond acceptors (Lipinski definition) is 5. The SMILES string of the molecule is COc1ccccc1-c1nnc(SCCN2CCCCC2)n1CCc1ccccc1. The van der Waals surface area contributed by atoms with Crippen molar-refractivity contribution in [1.29, 1.82) is 0 Å². The number of hydrogen-bond donors (Lipinski definition) is 0. The van der Waals surface area contributed by atoms with Crippen LogP contribution in [0.1, 0.15) is 24.8 Å². The Hall–Kier alpha value is -2.31. The van der Waals surface area contributed by atoms with Crippen LogP contribution in [0.25, 0.3) is 11.4 Å². The van der Waals surface area contributed by atoms with Crippen LogP contribution in [0.15, 0.2) is 59.8 Å². The van der Waals surface area contributed by atoms with E-state index in [2.05, 4.69) is 56.1 Å². The van der Waals surface area contributed by atoms with Crippen molar-refractivity contribution < 1.29 is 4.74 Å². The molecule has 0 saturated carbocycles. The van der Waals surface area contributed by atoms with Gasteiger partial charge in [-0.1, -0.05) is 60.6 Å². The normalized spacial score (nSPS) is 14.7. The van der Waals surface area contributed by atoms with Gasteiger partial charge in [-0.15, -0.1) is 10.2 Å². The summed E-state index contributed by atoms with van der Waals surface area (Å²) in [6, 6.07) is 18.7. The average molecular weight is 423 g/mol. The lowest BCUT2D eigenvalue weighted by Crippen LogP contribution is -2.31. The summed E-state index contributed by atoms with van der Waals surface area (Å²) in [7, 11) is 1.71. The third kappa shape index (κ3) is 5.24. The molecule has 2 aromatic carbocycles. The average Bonchev–Trinajstić information content (AvgIpc) is 3.21. The van der Waals surface area contributed by atoms with Crippen molar-refractivity contribution in [3.05, 3.63) is 60.2 Å². The first kappa shape index (κ1) is 20.9. The Morgan fingerprint density at radius 1 is 0.900 bits per heavy atom. The van der Waals surface area contributed by atoms with Crippen LogP contribution in [-0.4, -0.2) is 52.2 Å². The molecule has 158 valence electrons. The predicted molar refractivity (Wildman–Crippen MR) is 123 cm³/mol.